The van der Waals surface area contributed by atoms with E-state index in [1.54, 1.807) is 0 Å². The van der Waals surface area contributed by atoms with Crippen LogP contribution in [0.25, 0.3) is 0 Å². The second-order valence-electron chi connectivity index (χ2n) is 4.75. The second-order valence-corrected chi connectivity index (χ2v) is 6.56. The first-order valence-corrected chi connectivity index (χ1v) is 8.11. The Hall–Kier alpha value is -0.580. The van der Waals surface area contributed by atoms with E-state index in [0.717, 1.165) is 24.0 Å². The summed E-state index contributed by atoms with van der Waals surface area (Å²) < 4.78 is 110. The van der Waals surface area contributed by atoms with E-state index < -0.39 is 33.9 Å². The highest BCUT2D eigenvalue weighted by Crippen LogP contribution is 2.48. The lowest BCUT2D eigenvalue weighted by molar-refractivity contribution is -0.332. The second kappa shape index (κ2) is 7.80. The first-order chi connectivity index (χ1) is 9.81. The summed E-state index contributed by atoms with van der Waals surface area (Å²) in [6.07, 6.45) is -2.75. The molecule has 0 aromatic heterocycles. The van der Waals surface area contributed by atoms with Gasteiger partial charge in [-0.25, -0.2) is 13.1 Å². The van der Waals surface area contributed by atoms with E-state index in [4.69, 9.17) is 0 Å². The molecule has 0 radical (unpaired) electrons. The van der Waals surface area contributed by atoms with Crippen molar-refractivity contribution in [2.24, 2.45) is 0 Å². The third kappa shape index (κ3) is 4.97. The summed E-state index contributed by atoms with van der Waals surface area (Å²) in [5.41, 5.74) is 0. The van der Waals surface area contributed by atoms with Gasteiger partial charge >= 0.3 is 17.4 Å². The molecule has 0 atom stereocenters. The summed E-state index contributed by atoms with van der Waals surface area (Å²) in [5, 5.41) is -6.28. The summed E-state index contributed by atoms with van der Waals surface area (Å²) in [4.78, 5) is 0. The van der Waals surface area contributed by atoms with Gasteiger partial charge in [0.2, 0.25) is 0 Å². The van der Waals surface area contributed by atoms with Crippen LogP contribution in [0.5, 0.6) is 0 Å². The van der Waals surface area contributed by atoms with Crippen molar-refractivity contribution >= 4 is 10.0 Å². The monoisotopic (exact) mass is 361 g/mol. The standard InChI is InChI=1S/C11H18F7NO2S/c1-2-3-4-5-6-7-8-19-22(20,21)11(17,18)9(12,13)10(14,15)16/h19H,2-8H2,1H3. The molecule has 0 saturated carbocycles. The number of sulfonamides is 1. The van der Waals surface area contributed by atoms with Crippen molar-refractivity contribution in [1.82, 2.24) is 4.72 Å². The van der Waals surface area contributed by atoms with Crippen molar-refractivity contribution in [3.63, 3.8) is 0 Å². The zero-order valence-electron chi connectivity index (χ0n) is 11.8. The van der Waals surface area contributed by atoms with Crippen molar-refractivity contribution in [3.8, 4) is 0 Å². The third-order valence-electron chi connectivity index (χ3n) is 2.88. The van der Waals surface area contributed by atoms with Crippen LogP contribution in [0.4, 0.5) is 30.7 Å². The van der Waals surface area contributed by atoms with Gasteiger partial charge in [0.25, 0.3) is 10.0 Å². The highest BCUT2D eigenvalue weighted by molar-refractivity contribution is 7.90. The molecule has 0 amide bonds. The minimum Gasteiger partial charge on any atom is -0.210 e. The van der Waals surface area contributed by atoms with Gasteiger partial charge in [-0.05, 0) is 6.42 Å². The maximum absolute atomic E-state index is 13.0. The molecule has 0 heterocycles. The highest BCUT2D eigenvalue weighted by Gasteiger charge is 2.78. The Labute approximate surface area is 124 Å². The van der Waals surface area contributed by atoms with Crippen LogP contribution in [0.1, 0.15) is 45.4 Å². The molecule has 22 heavy (non-hydrogen) atoms. The zero-order valence-corrected chi connectivity index (χ0v) is 12.6. The van der Waals surface area contributed by atoms with E-state index in [1.807, 2.05) is 6.92 Å². The Morgan fingerprint density at radius 3 is 1.73 bits per heavy atom. The minimum absolute atomic E-state index is 0.0661. The molecule has 0 saturated heterocycles. The largest absolute Gasteiger partial charge is 0.461 e. The number of nitrogens with one attached hydrogen (secondary N) is 1. The van der Waals surface area contributed by atoms with Crippen molar-refractivity contribution in [2.75, 3.05) is 6.54 Å². The van der Waals surface area contributed by atoms with Crippen LogP contribution in [0.2, 0.25) is 0 Å². The Bertz CT molecular complexity index is 434. The molecule has 1 N–H and O–H groups in total. The summed E-state index contributed by atoms with van der Waals surface area (Å²) in [6.45, 7) is 1.33. The first-order valence-electron chi connectivity index (χ1n) is 6.63. The molecule has 0 aromatic carbocycles. The maximum atomic E-state index is 13.0. The average molecular weight is 361 g/mol. The average Bonchev–Trinajstić information content (AvgIpc) is 2.35. The van der Waals surface area contributed by atoms with Gasteiger partial charge in [0.05, 0.1) is 0 Å². The normalized spacial score (nSPS) is 14.4. The van der Waals surface area contributed by atoms with Gasteiger partial charge in [-0.15, -0.1) is 0 Å². The lowest BCUT2D eigenvalue weighted by Crippen LogP contribution is -2.59. The van der Waals surface area contributed by atoms with Gasteiger partial charge in [-0.2, -0.15) is 30.7 Å². The first kappa shape index (κ1) is 21.4. The molecule has 11 heteroatoms. The van der Waals surface area contributed by atoms with Crippen molar-refractivity contribution in [3.05, 3.63) is 0 Å². The number of hydrogen-bond donors (Lipinski definition) is 1. The smallest absolute Gasteiger partial charge is 0.210 e. The number of unbranched alkanes of at least 4 members (excludes halogenated alkanes) is 5. The molecule has 0 aromatic rings. The molecule has 0 spiro atoms. The Kier molecular flexibility index (Phi) is 7.60. The maximum Gasteiger partial charge on any atom is 0.461 e. The zero-order chi connectivity index (χ0) is 17.7. The lowest BCUT2D eigenvalue weighted by Gasteiger charge is -2.27. The van der Waals surface area contributed by atoms with Gasteiger partial charge in [0.1, 0.15) is 0 Å². The SMILES string of the molecule is CCCCCCCCNS(=O)(=O)C(F)(F)C(F)(F)C(F)(F)F. The van der Waals surface area contributed by atoms with Crippen LogP contribution < -0.4 is 4.72 Å². The van der Waals surface area contributed by atoms with E-state index in [-0.39, 0.29) is 6.42 Å². The third-order valence-corrected chi connectivity index (χ3v) is 4.40. The van der Waals surface area contributed by atoms with Crippen molar-refractivity contribution in [1.29, 1.82) is 0 Å². The molecule has 0 aliphatic heterocycles. The van der Waals surface area contributed by atoms with E-state index in [0.29, 0.717) is 12.8 Å². The van der Waals surface area contributed by atoms with Crippen LogP contribution >= 0.6 is 0 Å². The summed E-state index contributed by atoms with van der Waals surface area (Å²) in [6, 6.07) is 0. The van der Waals surface area contributed by atoms with Crippen LogP contribution in [0, 0.1) is 0 Å². The molecule has 0 unspecified atom stereocenters. The van der Waals surface area contributed by atoms with E-state index in [2.05, 4.69) is 0 Å². The molecule has 0 aliphatic carbocycles. The molecule has 134 valence electrons. The topological polar surface area (TPSA) is 46.2 Å². The fourth-order valence-electron chi connectivity index (χ4n) is 1.54. The van der Waals surface area contributed by atoms with Gasteiger partial charge in [0, 0.05) is 6.54 Å². The van der Waals surface area contributed by atoms with Crippen molar-refractivity contribution in [2.45, 2.75) is 62.8 Å². The molecular formula is C11H18F7NO2S. The van der Waals surface area contributed by atoms with Crippen LogP contribution in [-0.4, -0.2) is 32.3 Å². The van der Waals surface area contributed by atoms with Crippen LogP contribution in [-0.2, 0) is 10.0 Å². The Morgan fingerprint density at radius 1 is 0.818 bits per heavy atom. The number of alkyl halides is 7. The Morgan fingerprint density at radius 2 is 1.27 bits per heavy atom. The lowest BCUT2D eigenvalue weighted by atomic mass is 10.1. The molecule has 3 nitrogen and oxygen atoms in total. The number of hydrogen-bond acceptors (Lipinski definition) is 2. The van der Waals surface area contributed by atoms with Gasteiger partial charge in [-0.3, -0.25) is 0 Å². The van der Waals surface area contributed by atoms with Gasteiger partial charge < -0.3 is 0 Å². The fraction of sp³-hybridized carbons (Fsp3) is 1.00. The molecule has 0 fully saturated rings. The number of halogens is 7. The van der Waals surface area contributed by atoms with E-state index in [9.17, 15) is 39.2 Å². The summed E-state index contributed by atoms with van der Waals surface area (Å²) in [7, 11) is -6.15. The van der Waals surface area contributed by atoms with Crippen molar-refractivity contribution < 1.29 is 39.2 Å². The fourth-order valence-corrected chi connectivity index (χ4v) is 2.58. The Balaban J connectivity index is 4.61. The van der Waals surface area contributed by atoms with Gasteiger partial charge in [-0.1, -0.05) is 39.0 Å². The summed E-state index contributed by atoms with van der Waals surface area (Å²) >= 11 is 0. The molecule has 0 aliphatic rings. The quantitative estimate of drug-likeness (QED) is 0.471. The highest BCUT2D eigenvalue weighted by atomic mass is 32.2. The number of rotatable bonds is 10. The van der Waals surface area contributed by atoms with Crippen LogP contribution in [0.3, 0.4) is 0 Å². The van der Waals surface area contributed by atoms with Gasteiger partial charge in [0.15, 0.2) is 0 Å². The van der Waals surface area contributed by atoms with E-state index in [1.165, 1.54) is 0 Å². The molecule has 0 bridgehead atoms. The predicted molar refractivity (Wildman–Crippen MR) is 66.2 cm³/mol. The van der Waals surface area contributed by atoms with Crippen LogP contribution in [0.15, 0.2) is 0 Å². The predicted octanol–water partition coefficient (Wildman–Crippen LogP) is 4.06. The molecule has 0 rings (SSSR count). The molecular weight excluding hydrogens is 343 g/mol. The van der Waals surface area contributed by atoms with E-state index >= 15 is 0 Å². The summed E-state index contributed by atoms with van der Waals surface area (Å²) in [5.74, 6) is -6.67. The minimum atomic E-state index is -6.68.